The zero-order valence-corrected chi connectivity index (χ0v) is 25.9. The number of phenols is 1. The number of pyridine rings is 2. The van der Waals surface area contributed by atoms with E-state index in [1.54, 1.807) is 61.1 Å². The van der Waals surface area contributed by atoms with Crippen molar-refractivity contribution < 1.29 is 61.4 Å². The maximum absolute atomic E-state index is 13.2. The van der Waals surface area contributed by atoms with Crippen LogP contribution in [0.2, 0.25) is 0 Å². The number of amides is 2. The lowest BCUT2D eigenvalue weighted by Crippen LogP contribution is -2.34. The Kier molecular flexibility index (Phi) is 12.2. The Labute approximate surface area is 246 Å². The molecule has 2 aromatic heterocycles. The van der Waals surface area contributed by atoms with Gasteiger partial charge in [-0.1, -0.05) is 20.8 Å². The normalized spacial score (nSPS) is 12.1. The van der Waals surface area contributed by atoms with Crippen molar-refractivity contribution in [1.29, 1.82) is 0 Å². The van der Waals surface area contributed by atoms with Gasteiger partial charge in [0, 0.05) is 30.2 Å². The highest BCUT2D eigenvalue weighted by molar-refractivity contribution is 7.66. The first-order valence-corrected chi connectivity index (χ1v) is 16.4. The fourth-order valence-electron chi connectivity index (χ4n) is 3.32. The van der Waals surface area contributed by atoms with Gasteiger partial charge in [-0.25, -0.2) is 18.5 Å². The van der Waals surface area contributed by atoms with Crippen molar-refractivity contribution in [3.63, 3.8) is 0 Å². The number of aromatic nitrogens is 2. The molecule has 0 atom stereocenters. The Balaban J connectivity index is 0.000000420. The van der Waals surface area contributed by atoms with E-state index in [0.717, 1.165) is 5.56 Å². The van der Waals surface area contributed by atoms with Crippen molar-refractivity contribution in [3.05, 3.63) is 72.3 Å². The number of methoxy groups -OCH3 is 1. The molecule has 0 saturated carbocycles. The third kappa shape index (κ3) is 12.5. The van der Waals surface area contributed by atoms with E-state index in [0.29, 0.717) is 23.5 Å². The van der Waals surface area contributed by atoms with E-state index in [-0.39, 0.29) is 16.9 Å². The summed E-state index contributed by atoms with van der Waals surface area (Å²) in [6.45, 7) is 6.27. The first kappa shape index (κ1) is 36.0. The zero-order valence-electron chi connectivity index (χ0n) is 23.2. The third-order valence-corrected chi connectivity index (χ3v) is 8.43. The summed E-state index contributed by atoms with van der Waals surface area (Å²) in [4.78, 5) is 63.2. The second-order valence-electron chi connectivity index (χ2n) is 9.52. The number of anilines is 2. The van der Waals surface area contributed by atoms with Gasteiger partial charge in [-0.3, -0.25) is 14.9 Å². The predicted octanol–water partition coefficient (Wildman–Crippen LogP) is 4.03. The summed E-state index contributed by atoms with van der Waals surface area (Å²) in [6.07, 6.45) is 6.62. The van der Waals surface area contributed by atoms with Gasteiger partial charge >= 0.3 is 29.5 Å². The number of phosphoric acid groups is 3. The fourth-order valence-corrected chi connectivity index (χ4v) is 5.86. The highest BCUT2D eigenvalue weighted by Crippen LogP contribution is 2.64. The van der Waals surface area contributed by atoms with Crippen LogP contribution in [0.4, 0.5) is 16.2 Å². The minimum Gasteiger partial charge on any atom is -0.505 e. The summed E-state index contributed by atoms with van der Waals surface area (Å²) in [5.74, 6) is 0.571. The molecule has 0 bridgehead atoms. The maximum atomic E-state index is 13.2. The number of nitrogens with one attached hydrogen (secondary N) is 1. The van der Waals surface area contributed by atoms with Crippen LogP contribution < -0.4 is 15.0 Å². The van der Waals surface area contributed by atoms with Gasteiger partial charge in [-0.05, 0) is 41.3 Å². The number of carbonyl (C=O) groups is 1. The number of hydrogen-bond donors (Lipinski definition) is 7. The molecule has 0 aliphatic rings. The van der Waals surface area contributed by atoms with E-state index in [2.05, 4.69) is 23.9 Å². The first-order valence-electron chi connectivity index (χ1n) is 11.9. The molecule has 3 rings (SSSR count). The van der Waals surface area contributed by atoms with Crippen LogP contribution in [0.1, 0.15) is 31.9 Å². The van der Waals surface area contributed by atoms with Gasteiger partial charge in [0.25, 0.3) is 0 Å². The van der Waals surface area contributed by atoms with Gasteiger partial charge in [-0.2, -0.15) is 8.62 Å². The quantitative estimate of drug-likeness (QED) is 0.126. The van der Waals surface area contributed by atoms with E-state index in [1.807, 2.05) is 32.9 Å². The number of urea groups is 1. The van der Waals surface area contributed by atoms with Crippen molar-refractivity contribution in [2.24, 2.45) is 0 Å². The predicted molar refractivity (Wildman–Crippen MR) is 153 cm³/mol. The van der Waals surface area contributed by atoms with Gasteiger partial charge in [0.15, 0.2) is 0 Å². The molecule has 3 aromatic rings. The largest absolute Gasteiger partial charge is 0.505 e. The van der Waals surface area contributed by atoms with Crippen molar-refractivity contribution in [2.75, 3.05) is 17.3 Å². The number of nitrogens with zero attached hydrogens (tertiary/aromatic N) is 3. The Morgan fingerprint density at radius 1 is 0.930 bits per heavy atom. The standard InChI is InChI=1S/C23H26N4O3.H5O10P3/c1-23(2,3)19-12-18(30-4)13-20(21(19)28)26-22(29)27(17-6-5-9-25-14-17)15-16-7-10-24-11-8-16;1-11(2,3)9-13(7,8)10-12(4,5)6/h5-14,28H,15H2,1-4H3,(H,26,29);(H,7,8)(H2,1,2,3)(H2,4,5,6). The topological polar surface area (TPSA) is 258 Å². The minimum atomic E-state index is -5.46. The van der Waals surface area contributed by atoms with Gasteiger partial charge in [0.05, 0.1) is 31.2 Å². The van der Waals surface area contributed by atoms with Crippen LogP contribution in [0.15, 0.2) is 61.2 Å². The lowest BCUT2D eigenvalue weighted by Gasteiger charge is -2.26. The third-order valence-electron chi connectivity index (χ3n) is 5.08. The van der Waals surface area contributed by atoms with Crippen LogP contribution in [-0.4, -0.2) is 52.7 Å². The molecule has 20 heteroatoms. The lowest BCUT2D eigenvalue weighted by molar-refractivity contribution is 0.204. The molecule has 0 saturated heterocycles. The SMILES string of the molecule is COc1cc(NC(=O)N(Cc2ccncc2)c2cccnc2)c(O)c(C(C)(C)C)c1.O=P(O)(O)OP(=O)(O)OP(=O)(O)O. The van der Waals surface area contributed by atoms with Crippen molar-refractivity contribution in [1.82, 2.24) is 9.97 Å². The Hall–Kier alpha value is -3.20. The van der Waals surface area contributed by atoms with Gasteiger partial charge in [-0.15, -0.1) is 0 Å². The Morgan fingerprint density at radius 3 is 1.98 bits per heavy atom. The van der Waals surface area contributed by atoms with Crippen LogP contribution in [-0.2, 0) is 34.3 Å². The molecule has 43 heavy (non-hydrogen) atoms. The molecule has 0 radical (unpaired) electrons. The highest BCUT2D eigenvalue weighted by atomic mass is 31.3. The number of rotatable bonds is 9. The average molecular weight is 664 g/mol. The summed E-state index contributed by atoms with van der Waals surface area (Å²) in [5, 5.41) is 13.7. The Bertz CT molecular complexity index is 1500. The average Bonchev–Trinajstić information content (AvgIpc) is 2.86. The molecule has 1 aromatic carbocycles. The molecule has 236 valence electrons. The van der Waals surface area contributed by atoms with E-state index in [9.17, 15) is 23.6 Å². The molecule has 2 heterocycles. The van der Waals surface area contributed by atoms with Gasteiger partial charge in [0.1, 0.15) is 11.5 Å². The number of aromatic hydroxyl groups is 1. The number of hydrogen-bond acceptors (Lipinski definition) is 10. The summed E-state index contributed by atoms with van der Waals surface area (Å²) >= 11 is 0. The summed E-state index contributed by atoms with van der Waals surface area (Å²) in [7, 11) is -14.6. The van der Waals surface area contributed by atoms with Crippen molar-refractivity contribution >= 4 is 40.9 Å². The number of carbonyl (C=O) groups excluding carboxylic acids is 1. The lowest BCUT2D eigenvalue weighted by atomic mass is 9.85. The maximum Gasteiger partial charge on any atom is 0.490 e. The second-order valence-corrected chi connectivity index (χ2v) is 13.7. The Morgan fingerprint density at radius 2 is 1.51 bits per heavy atom. The van der Waals surface area contributed by atoms with Crippen LogP contribution in [0, 0.1) is 0 Å². The van der Waals surface area contributed by atoms with E-state index in [4.69, 9.17) is 29.2 Å². The van der Waals surface area contributed by atoms with Gasteiger partial charge < -0.3 is 39.6 Å². The minimum absolute atomic E-state index is 0.0201. The van der Waals surface area contributed by atoms with Crippen molar-refractivity contribution in [3.8, 4) is 11.5 Å². The summed E-state index contributed by atoms with van der Waals surface area (Å²) in [5.41, 5.74) is 2.17. The van der Waals surface area contributed by atoms with E-state index in [1.165, 1.54) is 0 Å². The van der Waals surface area contributed by atoms with E-state index >= 15 is 0 Å². The number of ether oxygens (including phenoxy) is 1. The number of benzene rings is 1. The molecule has 0 aliphatic carbocycles. The van der Waals surface area contributed by atoms with Crippen LogP contribution in [0.25, 0.3) is 0 Å². The molecular formula is C23H31N4O13P3. The van der Waals surface area contributed by atoms with Crippen molar-refractivity contribution in [2.45, 2.75) is 32.7 Å². The first-order chi connectivity index (χ1) is 19.7. The monoisotopic (exact) mass is 664 g/mol. The van der Waals surface area contributed by atoms with Crippen LogP contribution in [0.3, 0.4) is 0 Å². The van der Waals surface area contributed by atoms with Crippen LogP contribution in [0.5, 0.6) is 11.5 Å². The molecule has 0 aliphatic heterocycles. The van der Waals surface area contributed by atoms with Crippen LogP contribution >= 0.6 is 23.5 Å². The summed E-state index contributed by atoms with van der Waals surface area (Å²) < 4.78 is 41.8. The summed E-state index contributed by atoms with van der Waals surface area (Å²) in [6, 6.07) is 10.2. The molecule has 17 nitrogen and oxygen atoms in total. The zero-order chi connectivity index (χ0) is 32.6. The molecule has 7 N–H and O–H groups in total. The molecule has 2 amide bonds. The molecule has 0 spiro atoms. The second kappa shape index (κ2) is 14.5. The molecule has 0 fully saturated rings. The molecular weight excluding hydrogens is 633 g/mol. The highest BCUT2D eigenvalue weighted by Gasteiger charge is 2.38. The molecule has 0 unspecified atom stereocenters. The van der Waals surface area contributed by atoms with Gasteiger partial charge in [0.2, 0.25) is 0 Å². The smallest absolute Gasteiger partial charge is 0.490 e. The number of phenolic OH excluding ortho intramolecular Hbond substituents is 1. The van der Waals surface area contributed by atoms with E-state index < -0.39 is 29.5 Å². The fraction of sp³-hybridized carbons (Fsp3) is 0.261.